The van der Waals surface area contributed by atoms with E-state index in [1.54, 1.807) is 0 Å². The van der Waals surface area contributed by atoms with Crippen LogP contribution >= 0.6 is 27.5 Å². The van der Waals surface area contributed by atoms with E-state index in [1.165, 1.54) is 0 Å². The maximum absolute atomic E-state index is 5.94. The molecule has 4 heteroatoms. The lowest BCUT2D eigenvalue weighted by Gasteiger charge is -2.00. The Kier molecular flexibility index (Phi) is 1.97. The molecule has 0 aliphatic carbocycles. The van der Waals surface area contributed by atoms with Gasteiger partial charge in [0.05, 0.1) is 0 Å². The van der Waals surface area contributed by atoms with Gasteiger partial charge >= 0.3 is 0 Å². The quantitative estimate of drug-likeness (QED) is 0.611. The molecule has 3 aromatic rings. The predicted octanol–water partition coefficient (Wildman–Crippen LogP) is 3.90. The number of hydrogen-bond donors (Lipinski definition) is 0. The van der Waals surface area contributed by atoms with Crippen molar-refractivity contribution in [3.63, 3.8) is 0 Å². The van der Waals surface area contributed by atoms with E-state index in [9.17, 15) is 0 Å². The summed E-state index contributed by atoms with van der Waals surface area (Å²) >= 11 is 9.31. The Labute approximate surface area is 99.6 Å². The molecule has 0 aliphatic heterocycles. The number of halogens is 2. The summed E-state index contributed by atoms with van der Waals surface area (Å²) in [4.78, 5) is 4.41. The van der Waals surface area contributed by atoms with Crippen LogP contribution in [0.1, 0.15) is 0 Å². The molecule has 0 fully saturated rings. The van der Waals surface area contributed by atoms with Crippen LogP contribution in [0.2, 0.25) is 5.02 Å². The highest BCUT2D eigenvalue weighted by Gasteiger charge is 2.03. The van der Waals surface area contributed by atoms with Crippen molar-refractivity contribution in [2.75, 3.05) is 0 Å². The third-order valence-corrected chi connectivity index (χ3v) is 2.99. The molecule has 0 radical (unpaired) electrons. The maximum Gasteiger partial charge on any atom is 0.145 e. The monoisotopic (exact) mass is 280 g/mol. The highest BCUT2D eigenvalue weighted by atomic mass is 79.9. The van der Waals surface area contributed by atoms with Gasteiger partial charge in [-0.25, -0.2) is 4.98 Å². The number of pyridine rings is 1. The van der Waals surface area contributed by atoms with Crippen molar-refractivity contribution < 1.29 is 0 Å². The number of nitrogens with zero attached hydrogens (tertiary/aromatic N) is 2. The molecule has 1 aromatic carbocycles. The number of fused-ring (bicyclic) bond motifs is 3. The average molecular weight is 282 g/mol. The zero-order valence-corrected chi connectivity index (χ0v) is 9.96. The molecule has 15 heavy (non-hydrogen) atoms. The van der Waals surface area contributed by atoms with Crippen LogP contribution < -0.4 is 0 Å². The van der Waals surface area contributed by atoms with E-state index >= 15 is 0 Å². The second-order valence-electron chi connectivity index (χ2n) is 3.34. The summed E-state index contributed by atoms with van der Waals surface area (Å²) in [6.45, 7) is 0. The molecule has 0 atom stereocenters. The fourth-order valence-electron chi connectivity index (χ4n) is 1.71. The number of imidazole rings is 1. The average Bonchev–Trinajstić information content (AvgIpc) is 2.58. The molecule has 0 unspecified atom stereocenters. The molecular weight excluding hydrogens is 275 g/mol. The van der Waals surface area contributed by atoms with Crippen molar-refractivity contribution in [2.45, 2.75) is 0 Å². The molecular formula is C11H6BrClN2. The van der Waals surface area contributed by atoms with E-state index < -0.39 is 0 Å². The Bertz CT molecular complexity index is 660. The van der Waals surface area contributed by atoms with Gasteiger partial charge in [0, 0.05) is 22.8 Å². The van der Waals surface area contributed by atoms with Gasteiger partial charge in [0.15, 0.2) is 0 Å². The Morgan fingerprint density at radius 1 is 1.27 bits per heavy atom. The van der Waals surface area contributed by atoms with Crippen LogP contribution in [0.3, 0.4) is 0 Å². The summed E-state index contributed by atoms with van der Waals surface area (Å²) in [6.07, 6.45) is 3.91. The molecule has 0 saturated carbocycles. The molecule has 74 valence electrons. The lowest BCUT2D eigenvalue weighted by atomic mass is 10.2. The zero-order chi connectivity index (χ0) is 10.4. The van der Waals surface area contributed by atoms with Crippen molar-refractivity contribution >= 4 is 44.0 Å². The molecule has 2 aromatic heterocycles. The van der Waals surface area contributed by atoms with Crippen LogP contribution in [0.15, 0.2) is 41.3 Å². The van der Waals surface area contributed by atoms with Gasteiger partial charge in [0.25, 0.3) is 0 Å². The zero-order valence-electron chi connectivity index (χ0n) is 7.61. The van der Waals surface area contributed by atoms with Crippen LogP contribution in [0, 0.1) is 0 Å². The van der Waals surface area contributed by atoms with Crippen molar-refractivity contribution in [2.24, 2.45) is 0 Å². The molecule has 0 spiro atoms. The minimum Gasteiger partial charge on any atom is -0.305 e. The van der Waals surface area contributed by atoms with Crippen LogP contribution in [0.25, 0.3) is 16.4 Å². The first-order valence-corrected chi connectivity index (χ1v) is 5.63. The van der Waals surface area contributed by atoms with Crippen LogP contribution in [0.5, 0.6) is 0 Å². The number of aromatic nitrogens is 2. The highest BCUT2D eigenvalue weighted by Crippen LogP contribution is 2.24. The molecule has 0 bridgehead atoms. The summed E-state index contributed by atoms with van der Waals surface area (Å²) < 4.78 is 2.82. The van der Waals surface area contributed by atoms with Crippen molar-refractivity contribution in [3.8, 4) is 0 Å². The third kappa shape index (κ3) is 1.43. The van der Waals surface area contributed by atoms with E-state index in [2.05, 4.69) is 20.9 Å². The van der Waals surface area contributed by atoms with Gasteiger partial charge < -0.3 is 4.40 Å². The van der Waals surface area contributed by atoms with Gasteiger partial charge in [-0.05, 0) is 45.6 Å². The second-order valence-corrected chi connectivity index (χ2v) is 4.59. The Balaban J connectivity index is 2.53. The first-order chi connectivity index (χ1) is 7.24. The van der Waals surface area contributed by atoms with Gasteiger partial charge in [-0.1, -0.05) is 11.6 Å². The first-order valence-electron chi connectivity index (χ1n) is 4.46. The standard InChI is InChI=1S/C11H6BrClN2/c12-10-6-15-4-3-7-5-8(13)1-2-9(7)11(15)14-10/h1-6H. The number of benzene rings is 1. The van der Waals surface area contributed by atoms with Gasteiger partial charge in [-0.2, -0.15) is 0 Å². The van der Waals surface area contributed by atoms with E-state index in [4.69, 9.17) is 11.6 Å². The summed E-state index contributed by atoms with van der Waals surface area (Å²) in [7, 11) is 0. The Morgan fingerprint density at radius 3 is 3.00 bits per heavy atom. The lowest BCUT2D eigenvalue weighted by Crippen LogP contribution is -1.84. The molecule has 3 rings (SSSR count). The smallest absolute Gasteiger partial charge is 0.145 e. The first kappa shape index (κ1) is 9.19. The predicted molar refractivity (Wildman–Crippen MR) is 65.4 cm³/mol. The molecule has 2 heterocycles. The van der Waals surface area contributed by atoms with Crippen molar-refractivity contribution in [3.05, 3.63) is 46.3 Å². The summed E-state index contributed by atoms with van der Waals surface area (Å²) in [5.74, 6) is 0. The van der Waals surface area contributed by atoms with Crippen LogP contribution in [0.4, 0.5) is 0 Å². The van der Waals surface area contributed by atoms with E-state index in [-0.39, 0.29) is 0 Å². The topological polar surface area (TPSA) is 17.3 Å². The second kappa shape index (κ2) is 3.22. The molecule has 0 amide bonds. The summed E-state index contributed by atoms with van der Waals surface area (Å²) in [6, 6.07) is 7.85. The van der Waals surface area contributed by atoms with Crippen molar-refractivity contribution in [1.29, 1.82) is 0 Å². The van der Waals surface area contributed by atoms with E-state index in [1.807, 2.05) is 41.1 Å². The van der Waals surface area contributed by atoms with Gasteiger partial charge in [0.2, 0.25) is 0 Å². The SMILES string of the molecule is Clc1ccc2c(ccn3cc(Br)nc23)c1. The Hall–Kier alpha value is -1.06. The van der Waals surface area contributed by atoms with Crippen LogP contribution in [-0.2, 0) is 0 Å². The normalized spacial score (nSPS) is 11.3. The van der Waals surface area contributed by atoms with Crippen LogP contribution in [-0.4, -0.2) is 9.38 Å². The number of hydrogen-bond acceptors (Lipinski definition) is 1. The van der Waals surface area contributed by atoms with E-state index in [0.29, 0.717) is 0 Å². The summed E-state index contributed by atoms with van der Waals surface area (Å²) in [5, 5.41) is 2.96. The molecule has 0 aliphatic rings. The highest BCUT2D eigenvalue weighted by molar-refractivity contribution is 9.10. The maximum atomic E-state index is 5.94. The molecule has 2 nitrogen and oxygen atoms in total. The summed E-state index contributed by atoms with van der Waals surface area (Å²) in [5.41, 5.74) is 0.941. The molecule has 0 saturated heterocycles. The largest absolute Gasteiger partial charge is 0.305 e. The van der Waals surface area contributed by atoms with Gasteiger partial charge in [-0.15, -0.1) is 0 Å². The minimum atomic E-state index is 0.748. The number of rotatable bonds is 0. The van der Waals surface area contributed by atoms with Crippen molar-refractivity contribution in [1.82, 2.24) is 9.38 Å². The minimum absolute atomic E-state index is 0.748. The third-order valence-electron chi connectivity index (χ3n) is 2.37. The Morgan fingerprint density at radius 2 is 2.13 bits per heavy atom. The lowest BCUT2D eigenvalue weighted by molar-refractivity contribution is 1.20. The van der Waals surface area contributed by atoms with E-state index in [0.717, 1.165) is 26.0 Å². The fourth-order valence-corrected chi connectivity index (χ4v) is 2.28. The fraction of sp³-hybridized carbons (Fsp3) is 0. The van der Waals surface area contributed by atoms with Gasteiger partial charge in [0.1, 0.15) is 10.3 Å². The molecule has 0 N–H and O–H groups in total. The van der Waals surface area contributed by atoms with Gasteiger partial charge in [-0.3, -0.25) is 0 Å².